The number of nitrogens with zero attached hydrogens (tertiary/aromatic N) is 3. The van der Waals surface area contributed by atoms with Crippen molar-refractivity contribution in [3.05, 3.63) is 40.7 Å². The van der Waals surface area contributed by atoms with Gasteiger partial charge in [0.1, 0.15) is 29.1 Å². The Bertz CT molecular complexity index is 1120. The highest BCUT2D eigenvalue weighted by Crippen LogP contribution is 2.33. The first-order valence-corrected chi connectivity index (χ1v) is 11.1. The van der Waals surface area contributed by atoms with Crippen molar-refractivity contribution in [2.75, 3.05) is 27.2 Å². The number of nitrogens with one attached hydrogen (secondary N) is 1. The van der Waals surface area contributed by atoms with Gasteiger partial charge in [-0.15, -0.1) is 0 Å². The monoisotopic (exact) mass is 472 g/mol. The molecule has 1 fully saturated rings. The van der Waals surface area contributed by atoms with Crippen molar-refractivity contribution in [1.82, 2.24) is 14.8 Å². The van der Waals surface area contributed by atoms with Crippen LogP contribution in [0.1, 0.15) is 44.1 Å². The molecule has 0 unspecified atom stereocenters. The molecule has 8 nitrogen and oxygen atoms in total. The van der Waals surface area contributed by atoms with Crippen molar-refractivity contribution in [3.63, 3.8) is 0 Å². The number of benzene rings is 1. The van der Waals surface area contributed by atoms with Gasteiger partial charge in [-0.1, -0.05) is 11.6 Å². The Balaban J connectivity index is 1.70. The summed E-state index contributed by atoms with van der Waals surface area (Å²) in [6, 6.07) is 7.12. The summed E-state index contributed by atoms with van der Waals surface area (Å²) in [5.74, 6) is 0.123. The smallest absolute Gasteiger partial charge is 0.410 e. The molecule has 1 saturated heterocycles. The molecule has 176 valence electrons. The van der Waals surface area contributed by atoms with Crippen molar-refractivity contribution >= 4 is 34.4 Å². The third-order valence-electron chi connectivity index (χ3n) is 5.06. The normalized spacial score (nSPS) is 15.3. The Kier molecular flexibility index (Phi) is 7.23. The fourth-order valence-corrected chi connectivity index (χ4v) is 3.76. The van der Waals surface area contributed by atoms with Gasteiger partial charge in [0, 0.05) is 57.1 Å². The Hall–Kier alpha value is -3.18. The molecule has 2 heterocycles. The molecule has 0 aliphatic carbocycles. The molecule has 1 aromatic carbocycles. The molecule has 0 radical (unpaired) electrons. The highest BCUT2D eigenvalue weighted by molar-refractivity contribution is 6.32. The highest BCUT2D eigenvalue weighted by Gasteiger charge is 2.28. The molecule has 1 aliphatic heterocycles. The molecule has 0 saturated carbocycles. The molecule has 0 atom stereocenters. The van der Waals surface area contributed by atoms with Crippen molar-refractivity contribution in [2.24, 2.45) is 0 Å². The largest absolute Gasteiger partial charge is 0.489 e. The third kappa shape index (κ3) is 6.20. The molecule has 1 aromatic heterocycles. The van der Waals surface area contributed by atoms with Crippen LogP contribution in [-0.2, 0) is 4.74 Å². The van der Waals surface area contributed by atoms with E-state index in [9.17, 15) is 14.9 Å². The van der Waals surface area contributed by atoms with E-state index in [0.29, 0.717) is 47.9 Å². The van der Waals surface area contributed by atoms with Gasteiger partial charge in [0.05, 0.1) is 10.7 Å². The van der Waals surface area contributed by atoms with Crippen molar-refractivity contribution in [2.45, 2.75) is 45.3 Å². The lowest BCUT2D eigenvalue weighted by Gasteiger charge is -2.33. The molecule has 1 amide bonds. The van der Waals surface area contributed by atoms with Gasteiger partial charge in [0.15, 0.2) is 0 Å². The minimum Gasteiger partial charge on any atom is -0.489 e. The van der Waals surface area contributed by atoms with Crippen molar-refractivity contribution in [1.29, 1.82) is 5.26 Å². The fourth-order valence-electron chi connectivity index (χ4n) is 3.55. The number of nitriles is 1. The lowest BCUT2D eigenvalue weighted by atomic mass is 10.1. The van der Waals surface area contributed by atoms with Gasteiger partial charge in [0.2, 0.25) is 5.78 Å². The van der Waals surface area contributed by atoms with E-state index in [1.807, 2.05) is 26.8 Å². The number of hydrogen-bond acceptors (Lipinski definition) is 6. The van der Waals surface area contributed by atoms with E-state index in [1.54, 1.807) is 42.1 Å². The van der Waals surface area contributed by atoms with Crippen LogP contribution in [0.5, 0.6) is 5.75 Å². The van der Waals surface area contributed by atoms with E-state index < -0.39 is 11.4 Å². The van der Waals surface area contributed by atoms with Gasteiger partial charge in [-0.3, -0.25) is 4.79 Å². The molecule has 33 heavy (non-hydrogen) atoms. The van der Waals surface area contributed by atoms with E-state index >= 15 is 0 Å². The van der Waals surface area contributed by atoms with Gasteiger partial charge < -0.3 is 24.3 Å². The number of hydrogen-bond donors (Lipinski definition) is 1. The summed E-state index contributed by atoms with van der Waals surface area (Å²) in [7, 11) is 3.49. The van der Waals surface area contributed by atoms with E-state index in [-0.39, 0.29) is 17.8 Å². The number of ether oxygens (including phenoxy) is 2. The zero-order valence-electron chi connectivity index (χ0n) is 19.6. The number of likely N-dealkylation sites (tertiary alicyclic amines) is 1. The topological polar surface area (TPSA) is 98.7 Å². The van der Waals surface area contributed by atoms with Crippen LogP contribution in [0.25, 0.3) is 10.9 Å². The van der Waals surface area contributed by atoms with Crippen LogP contribution in [0.2, 0.25) is 5.02 Å². The van der Waals surface area contributed by atoms with Crippen LogP contribution in [0.3, 0.4) is 0 Å². The van der Waals surface area contributed by atoms with E-state index in [0.717, 1.165) is 5.39 Å². The number of aromatic nitrogens is 1. The second kappa shape index (κ2) is 9.75. The first-order valence-electron chi connectivity index (χ1n) is 10.8. The third-order valence-corrected chi connectivity index (χ3v) is 5.35. The average molecular weight is 473 g/mol. The number of ketones is 1. The first kappa shape index (κ1) is 24.5. The summed E-state index contributed by atoms with van der Waals surface area (Å²) < 4.78 is 11.6. The number of allylic oxidation sites excluding steroid dienone is 1. The highest BCUT2D eigenvalue weighted by atomic mass is 35.5. The Morgan fingerprint density at radius 1 is 1.24 bits per heavy atom. The summed E-state index contributed by atoms with van der Waals surface area (Å²) in [5, 5.41) is 10.5. The van der Waals surface area contributed by atoms with Crippen LogP contribution in [-0.4, -0.2) is 65.6 Å². The predicted molar refractivity (Wildman–Crippen MR) is 126 cm³/mol. The Labute approximate surface area is 198 Å². The second-order valence-electron chi connectivity index (χ2n) is 9.28. The van der Waals surface area contributed by atoms with Crippen molar-refractivity contribution in [3.8, 4) is 11.8 Å². The minimum absolute atomic E-state index is 0.0332. The summed E-state index contributed by atoms with van der Waals surface area (Å²) in [4.78, 5) is 31.3. The number of rotatable bonds is 5. The van der Waals surface area contributed by atoms with Gasteiger partial charge >= 0.3 is 6.09 Å². The maximum Gasteiger partial charge on any atom is 0.410 e. The molecule has 3 rings (SSSR count). The number of carbonyl (C=O) groups is 2. The summed E-state index contributed by atoms with van der Waals surface area (Å²) >= 11 is 6.44. The summed E-state index contributed by atoms with van der Waals surface area (Å²) in [6.45, 7) is 6.62. The number of H-pyrrole nitrogens is 1. The minimum atomic E-state index is -0.527. The lowest BCUT2D eigenvalue weighted by molar-refractivity contribution is 0.0126. The molecule has 0 spiro atoms. The molecule has 1 N–H and O–H groups in total. The quantitative estimate of drug-likeness (QED) is 0.383. The Morgan fingerprint density at radius 3 is 2.48 bits per heavy atom. The number of carbonyl (C=O) groups excluding carboxylic acids is 2. The first-order chi connectivity index (χ1) is 15.5. The van der Waals surface area contributed by atoms with Crippen LogP contribution in [0, 0.1) is 11.3 Å². The predicted octanol–water partition coefficient (Wildman–Crippen LogP) is 4.75. The van der Waals surface area contributed by atoms with E-state index in [4.69, 9.17) is 21.1 Å². The number of halogens is 1. The molecular formula is C24H29ClN4O4. The van der Waals surface area contributed by atoms with E-state index in [2.05, 4.69) is 4.98 Å². The second-order valence-corrected chi connectivity index (χ2v) is 9.69. The van der Waals surface area contributed by atoms with Crippen LogP contribution in [0.4, 0.5) is 4.79 Å². The number of Topliss-reactive ketones (excluding diaryl/α,β-unsaturated/α-hetero) is 1. The van der Waals surface area contributed by atoms with Crippen molar-refractivity contribution < 1.29 is 19.1 Å². The number of aromatic amines is 1. The van der Waals surface area contributed by atoms with Crippen LogP contribution < -0.4 is 4.74 Å². The van der Waals surface area contributed by atoms with Gasteiger partial charge in [-0.25, -0.2) is 4.79 Å². The average Bonchev–Trinajstić information content (AvgIpc) is 3.13. The standard InChI is InChI=1S/C24H29ClN4O4/c1-24(2,3)33-23(31)29-8-6-17(7-9-29)32-21-11-15-10-20(27-19(15)12-18(21)25)22(30)16(13-26)14-28(4)5/h10-12,14,17,27H,6-9H2,1-5H3/b16-14+. The number of amides is 1. The van der Waals surface area contributed by atoms with Gasteiger partial charge in [-0.2, -0.15) is 5.26 Å². The number of fused-ring (bicyclic) bond motifs is 1. The van der Waals surface area contributed by atoms with Gasteiger partial charge in [0.25, 0.3) is 0 Å². The fraction of sp³-hybridized carbons (Fsp3) is 0.458. The summed E-state index contributed by atoms with van der Waals surface area (Å²) in [5.41, 5.74) is 0.488. The Morgan fingerprint density at radius 2 is 1.91 bits per heavy atom. The molecule has 2 aromatic rings. The molecule has 9 heteroatoms. The number of piperidine rings is 1. The molecular weight excluding hydrogens is 444 g/mol. The van der Waals surface area contributed by atoms with Gasteiger partial charge in [-0.05, 0) is 39.0 Å². The molecule has 1 aliphatic rings. The van der Waals surface area contributed by atoms with Crippen LogP contribution in [0.15, 0.2) is 30.0 Å². The van der Waals surface area contributed by atoms with E-state index in [1.165, 1.54) is 6.20 Å². The van der Waals surface area contributed by atoms with Crippen LogP contribution >= 0.6 is 11.6 Å². The lowest BCUT2D eigenvalue weighted by Crippen LogP contribution is -2.44. The maximum absolute atomic E-state index is 12.7. The SMILES string of the molecule is CN(C)/C=C(\C#N)C(=O)c1cc2cc(OC3CCN(C(=O)OC(C)(C)C)CC3)c(Cl)cc2[nH]1. The maximum atomic E-state index is 12.7. The molecule has 0 bridgehead atoms. The zero-order chi connectivity index (χ0) is 24.3. The zero-order valence-corrected chi connectivity index (χ0v) is 20.3. The summed E-state index contributed by atoms with van der Waals surface area (Å²) in [6.07, 6.45) is 2.40.